The Morgan fingerprint density at radius 2 is 2.12 bits per heavy atom. The standard InChI is InChI=1S/C18H15BrN2O3S/c1-10-4-3-5-13(6-10)20-18-21-17(23)15(25-18)8-11-7-12(19)9-14(24-2)16(11)22/h3-9,22H,1-2H3,(H,20,21,23). The van der Waals surface area contributed by atoms with E-state index in [-0.39, 0.29) is 11.7 Å². The maximum absolute atomic E-state index is 12.2. The van der Waals surface area contributed by atoms with E-state index in [2.05, 4.69) is 26.2 Å². The number of aliphatic imine (C=N–C) groups is 1. The van der Waals surface area contributed by atoms with Crippen LogP contribution >= 0.6 is 27.7 Å². The third kappa shape index (κ3) is 4.05. The second kappa shape index (κ2) is 7.33. The molecule has 2 aromatic rings. The van der Waals surface area contributed by atoms with Crippen molar-refractivity contribution in [3.05, 3.63) is 56.9 Å². The van der Waals surface area contributed by atoms with Gasteiger partial charge in [-0.2, -0.15) is 0 Å². The number of phenols is 1. The summed E-state index contributed by atoms with van der Waals surface area (Å²) in [5.41, 5.74) is 2.36. The molecule has 0 radical (unpaired) electrons. The number of rotatable bonds is 3. The van der Waals surface area contributed by atoms with Crippen LogP contribution in [-0.2, 0) is 4.79 Å². The molecule has 1 aliphatic rings. The van der Waals surface area contributed by atoms with Crippen molar-refractivity contribution in [2.45, 2.75) is 6.92 Å². The zero-order valence-electron chi connectivity index (χ0n) is 13.5. The van der Waals surface area contributed by atoms with Crippen LogP contribution in [0.1, 0.15) is 11.1 Å². The van der Waals surface area contributed by atoms with Crippen molar-refractivity contribution in [3.63, 3.8) is 0 Å². The Morgan fingerprint density at radius 3 is 2.84 bits per heavy atom. The molecule has 0 aromatic heterocycles. The summed E-state index contributed by atoms with van der Waals surface area (Å²) in [6.45, 7) is 1.98. The average Bonchev–Trinajstić information content (AvgIpc) is 2.90. The van der Waals surface area contributed by atoms with Crippen molar-refractivity contribution in [2.24, 2.45) is 4.99 Å². The number of hydrogen-bond donors (Lipinski definition) is 2. The van der Waals surface area contributed by atoms with Gasteiger partial charge in [-0.1, -0.05) is 28.1 Å². The summed E-state index contributed by atoms with van der Waals surface area (Å²) in [4.78, 5) is 17.1. The molecule has 2 aromatic carbocycles. The summed E-state index contributed by atoms with van der Waals surface area (Å²) in [7, 11) is 1.47. The van der Waals surface area contributed by atoms with Crippen LogP contribution in [0.25, 0.3) is 6.08 Å². The predicted octanol–water partition coefficient (Wildman–Crippen LogP) is 4.36. The number of carbonyl (C=O) groups is 1. The fourth-order valence-corrected chi connectivity index (χ4v) is 3.58. The number of benzene rings is 2. The quantitative estimate of drug-likeness (QED) is 0.726. The van der Waals surface area contributed by atoms with E-state index in [0.717, 1.165) is 15.7 Å². The Bertz CT molecular complexity index is 909. The van der Waals surface area contributed by atoms with Crippen LogP contribution in [0.15, 0.2) is 50.8 Å². The van der Waals surface area contributed by atoms with Crippen LogP contribution in [0.4, 0.5) is 5.69 Å². The Labute approximate surface area is 157 Å². The molecule has 2 N–H and O–H groups in total. The SMILES string of the molecule is COc1cc(Br)cc(C=C2SC(=Nc3cccc(C)c3)NC2=O)c1O. The molecule has 0 atom stereocenters. The van der Waals surface area contributed by atoms with E-state index in [1.165, 1.54) is 18.9 Å². The fraction of sp³-hybridized carbons (Fsp3) is 0.111. The van der Waals surface area contributed by atoms with E-state index in [1.54, 1.807) is 18.2 Å². The summed E-state index contributed by atoms with van der Waals surface area (Å²) >= 11 is 4.59. The van der Waals surface area contributed by atoms with Gasteiger partial charge in [-0.15, -0.1) is 0 Å². The number of carbonyl (C=O) groups excluding carboxylic acids is 1. The molecule has 1 amide bonds. The Hall–Kier alpha value is -2.25. The molecule has 1 fully saturated rings. The van der Waals surface area contributed by atoms with Crippen molar-refractivity contribution < 1.29 is 14.6 Å². The maximum Gasteiger partial charge on any atom is 0.264 e. The highest BCUT2D eigenvalue weighted by Crippen LogP contribution is 2.37. The number of nitrogens with zero attached hydrogens (tertiary/aromatic N) is 1. The molecule has 0 aliphatic carbocycles. The minimum absolute atomic E-state index is 0.0179. The number of amidine groups is 1. The smallest absolute Gasteiger partial charge is 0.264 e. The number of aromatic hydroxyl groups is 1. The summed E-state index contributed by atoms with van der Waals surface area (Å²) < 4.78 is 5.87. The van der Waals surface area contributed by atoms with Gasteiger partial charge in [0, 0.05) is 10.0 Å². The number of amides is 1. The van der Waals surface area contributed by atoms with Gasteiger partial charge in [-0.3, -0.25) is 4.79 Å². The number of aryl methyl sites for hydroxylation is 1. The van der Waals surface area contributed by atoms with Gasteiger partial charge >= 0.3 is 0 Å². The van der Waals surface area contributed by atoms with E-state index in [0.29, 0.717) is 21.4 Å². The summed E-state index contributed by atoms with van der Waals surface area (Å²) in [5.74, 6) is 0.0590. The lowest BCUT2D eigenvalue weighted by atomic mass is 10.1. The molecule has 0 bridgehead atoms. The molecule has 1 aliphatic heterocycles. The first-order valence-electron chi connectivity index (χ1n) is 7.39. The van der Waals surface area contributed by atoms with Crippen LogP contribution in [0, 0.1) is 6.92 Å². The van der Waals surface area contributed by atoms with Crippen LogP contribution in [-0.4, -0.2) is 23.3 Å². The minimum Gasteiger partial charge on any atom is -0.504 e. The fourth-order valence-electron chi connectivity index (χ4n) is 2.30. The van der Waals surface area contributed by atoms with E-state index in [1.807, 2.05) is 31.2 Å². The number of phenolic OH excluding ortho intramolecular Hbond substituents is 1. The van der Waals surface area contributed by atoms with Gasteiger partial charge in [0.1, 0.15) is 0 Å². The summed E-state index contributed by atoms with van der Waals surface area (Å²) in [6, 6.07) is 11.1. The summed E-state index contributed by atoms with van der Waals surface area (Å²) in [6.07, 6.45) is 1.61. The van der Waals surface area contributed by atoms with E-state index in [4.69, 9.17) is 4.74 Å². The molecule has 7 heteroatoms. The van der Waals surface area contributed by atoms with Crippen LogP contribution in [0.5, 0.6) is 11.5 Å². The molecule has 5 nitrogen and oxygen atoms in total. The predicted molar refractivity (Wildman–Crippen MR) is 104 cm³/mol. The second-order valence-electron chi connectivity index (χ2n) is 5.37. The molecule has 0 saturated carbocycles. The number of methoxy groups -OCH3 is 1. The second-order valence-corrected chi connectivity index (χ2v) is 7.31. The number of halogens is 1. The van der Waals surface area contributed by atoms with Gasteiger partial charge < -0.3 is 15.2 Å². The van der Waals surface area contributed by atoms with Crippen LogP contribution in [0.3, 0.4) is 0 Å². The number of ether oxygens (including phenoxy) is 1. The number of nitrogens with one attached hydrogen (secondary N) is 1. The number of thioether (sulfide) groups is 1. The van der Waals surface area contributed by atoms with Crippen LogP contribution in [0.2, 0.25) is 0 Å². The van der Waals surface area contributed by atoms with Crippen molar-refractivity contribution in [1.82, 2.24) is 5.32 Å². The van der Waals surface area contributed by atoms with Crippen molar-refractivity contribution >= 4 is 50.5 Å². The lowest BCUT2D eigenvalue weighted by Gasteiger charge is -2.07. The first kappa shape index (κ1) is 17.6. The van der Waals surface area contributed by atoms with Gasteiger partial charge in [0.2, 0.25) is 0 Å². The first-order chi connectivity index (χ1) is 12.0. The highest BCUT2D eigenvalue weighted by Gasteiger charge is 2.24. The molecule has 128 valence electrons. The topological polar surface area (TPSA) is 70.9 Å². The Balaban J connectivity index is 1.91. The average molecular weight is 419 g/mol. The monoisotopic (exact) mass is 418 g/mol. The lowest BCUT2D eigenvalue weighted by molar-refractivity contribution is -0.115. The van der Waals surface area contributed by atoms with Crippen molar-refractivity contribution in [1.29, 1.82) is 0 Å². The van der Waals surface area contributed by atoms with Crippen molar-refractivity contribution in [3.8, 4) is 11.5 Å². The molecular weight excluding hydrogens is 404 g/mol. The number of hydrogen-bond acceptors (Lipinski definition) is 5. The van der Waals surface area contributed by atoms with Gasteiger partial charge in [0.25, 0.3) is 5.91 Å². The van der Waals surface area contributed by atoms with E-state index in [9.17, 15) is 9.90 Å². The summed E-state index contributed by atoms with van der Waals surface area (Å²) in [5, 5.41) is 13.5. The molecule has 0 spiro atoms. The van der Waals surface area contributed by atoms with Gasteiger partial charge in [-0.25, -0.2) is 4.99 Å². The molecule has 1 heterocycles. The van der Waals surface area contributed by atoms with Gasteiger partial charge in [0.15, 0.2) is 16.7 Å². The highest BCUT2D eigenvalue weighted by molar-refractivity contribution is 9.10. The van der Waals surface area contributed by atoms with Crippen LogP contribution < -0.4 is 10.1 Å². The largest absolute Gasteiger partial charge is 0.504 e. The zero-order chi connectivity index (χ0) is 18.0. The normalized spacial score (nSPS) is 17.2. The zero-order valence-corrected chi connectivity index (χ0v) is 15.9. The van der Waals surface area contributed by atoms with Crippen molar-refractivity contribution in [2.75, 3.05) is 7.11 Å². The Kier molecular flexibility index (Phi) is 5.15. The molecule has 25 heavy (non-hydrogen) atoms. The van der Waals surface area contributed by atoms with Gasteiger partial charge in [-0.05, 0) is 54.6 Å². The molecule has 1 saturated heterocycles. The molecule has 0 unspecified atom stereocenters. The third-order valence-corrected chi connectivity index (χ3v) is 4.83. The first-order valence-corrected chi connectivity index (χ1v) is 9.00. The van der Waals surface area contributed by atoms with E-state index >= 15 is 0 Å². The maximum atomic E-state index is 12.2. The van der Waals surface area contributed by atoms with Gasteiger partial charge in [0.05, 0.1) is 17.7 Å². The third-order valence-electron chi connectivity index (χ3n) is 3.46. The minimum atomic E-state index is -0.255. The molecule has 3 rings (SSSR count). The molecular formula is C18H15BrN2O3S. The van der Waals surface area contributed by atoms with E-state index < -0.39 is 0 Å². The Morgan fingerprint density at radius 1 is 1.32 bits per heavy atom. The lowest BCUT2D eigenvalue weighted by Crippen LogP contribution is -2.19. The highest BCUT2D eigenvalue weighted by atomic mass is 79.9.